The summed E-state index contributed by atoms with van der Waals surface area (Å²) in [6, 6.07) is 66.2. The van der Waals surface area contributed by atoms with E-state index in [1.165, 1.54) is 4.90 Å². The molecule has 8 rings (SSSR count). The first kappa shape index (κ1) is 47.3. The first-order chi connectivity index (χ1) is 33.6. The van der Waals surface area contributed by atoms with Crippen LogP contribution in [0.15, 0.2) is 219 Å². The highest BCUT2D eigenvalue weighted by Gasteiger charge is 2.39. The van der Waals surface area contributed by atoms with Crippen LogP contribution >= 0.6 is 0 Å². The molecule has 8 aromatic rings. The van der Waals surface area contributed by atoms with Gasteiger partial charge in [-0.05, 0) is 71.3 Å². The molecule has 0 bridgehead atoms. The van der Waals surface area contributed by atoms with Crippen molar-refractivity contribution in [2.75, 3.05) is 6.54 Å². The quantitative estimate of drug-likeness (QED) is 0.0736. The van der Waals surface area contributed by atoms with Crippen molar-refractivity contribution in [1.82, 2.24) is 25.1 Å². The van der Waals surface area contributed by atoms with Crippen molar-refractivity contribution in [3.05, 3.63) is 263 Å². The van der Waals surface area contributed by atoms with Gasteiger partial charge >= 0.3 is 6.09 Å². The van der Waals surface area contributed by atoms with E-state index < -0.39 is 29.1 Å². The number of nitrogens with one attached hydrogen (secondary N) is 2. The van der Waals surface area contributed by atoms with Crippen molar-refractivity contribution in [3.63, 3.8) is 0 Å². The van der Waals surface area contributed by atoms with Crippen LogP contribution in [-0.4, -0.2) is 50.5 Å². The number of ether oxygens (including phenoxy) is 2. The fourth-order valence-corrected chi connectivity index (χ4v) is 8.78. The Morgan fingerprint density at radius 2 is 1.07 bits per heavy atom. The van der Waals surface area contributed by atoms with Gasteiger partial charge in [0.2, 0.25) is 11.8 Å². The van der Waals surface area contributed by atoms with Crippen molar-refractivity contribution in [1.29, 1.82) is 0 Å². The highest BCUT2D eigenvalue weighted by Crippen LogP contribution is 2.41. The first-order valence-corrected chi connectivity index (χ1v) is 23.2. The van der Waals surface area contributed by atoms with Crippen LogP contribution in [-0.2, 0) is 52.5 Å². The molecule has 1 atom stereocenters. The minimum Gasteiger partial charge on any atom is -0.489 e. The number of carbonyl (C=O) groups excluding carboxylic acids is 3. The highest BCUT2D eigenvalue weighted by molar-refractivity contribution is 5.90. The zero-order valence-corrected chi connectivity index (χ0v) is 39.0. The van der Waals surface area contributed by atoms with Crippen molar-refractivity contribution < 1.29 is 23.9 Å². The Hall–Kier alpha value is -8.24. The molecule has 2 N–H and O–H groups in total. The van der Waals surface area contributed by atoms with Crippen molar-refractivity contribution in [2.45, 2.75) is 63.6 Å². The fraction of sp³-hybridized carbons (Fsp3) is 0.186. The van der Waals surface area contributed by atoms with Gasteiger partial charge in [-0.2, -0.15) is 0 Å². The third-order valence-corrected chi connectivity index (χ3v) is 12.0. The second-order valence-electron chi connectivity index (χ2n) is 17.8. The Balaban J connectivity index is 1.12. The molecule has 1 aromatic heterocycles. The average Bonchev–Trinajstić information content (AvgIpc) is 3.85. The zero-order valence-electron chi connectivity index (χ0n) is 39.0. The van der Waals surface area contributed by atoms with Crippen LogP contribution in [0.1, 0.15) is 58.5 Å². The number of aromatic nitrogens is 2. The van der Waals surface area contributed by atoms with Crippen molar-refractivity contribution in [3.8, 4) is 5.75 Å². The molecule has 0 unspecified atom stereocenters. The Kier molecular flexibility index (Phi) is 15.4. The standard InChI is InChI=1S/C59H57N5O5/c1-58(2,38-45-21-9-3-10-22-45)62-55(65)41-63(39-46-33-35-53(36-34-46)68-42-47-23-11-4-12-24-47)56(66)54(61-57(67)69-43-48-25-13-5-14-26-48)37-52-40-64(44-60-52)59(49-27-15-6-16-28-49,50-29-17-7-18-30-50)51-31-19-8-20-32-51/h3-36,40,44,54H,37-39,41-43H2,1-2H3,(H,61,67)(H,62,65)/t54-/m0/s1. The molecule has 7 aromatic carbocycles. The lowest BCUT2D eigenvalue weighted by Crippen LogP contribution is -2.54. The van der Waals surface area contributed by atoms with Crippen molar-refractivity contribution >= 4 is 17.9 Å². The summed E-state index contributed by atoms with van der Waals surface area (Å²) in [5.74, 6) is -0.169. The Bertz CT molecular complexity index is 2760. The molecular formula is C59H57N5O5. The van der Waals surface area contributed by atoms with Gasteiger partial charge < -0.3 is 29.6 Å². The maximum absolute atomic E-state index is 15.3. The monoisotopic (exact) mass is 915 g/mol. The SMILES string of the molecule is CC(C)(Cc1ccccc1)NC(=O)CN(Cc1ccc(OCc2ccccc2)cc1)C(=O)[C@H](Cc1cn(C(c2ccccc2)(c2ccccc2)c2ccccc2)cn1)NC(=O)OCc1ccccc1. The molecule has 10 nitrogen and oxygen atoms in total. The lowest BCUT2D eigenvalue weighted by molar-refractivity contribution is -0.138. The highest BCUT2D eigenvalue weighted by atomic mass is 16.5. The molecule has 0 saturated carbocycles. The number of hydrogen-bond donors (Lipinski definition) is 2. The molecule has 1 heterocycles. The van der Waals surface area contributed by atoms with Gasteiger partial charge in [0, 0.05) is 24.7 Å². The second kappa shape index (κ2) is 22.5. The van der Waals surface area contributed by atoms with Crippen LogP contribution in [0, 0.1) is 0 Å². The molecule has 0 aliphatic rings. The lowest BCUT2D eigenvalue weighted by atomic mass is 9.77. The topological polar surface area (TPSA) is 115 Å². The number of alkyl carbamates (subject to hydrolysis) is 1. The van der Waals surface area contributed by atoms with E-state index in [2.05, 4.69) is 51.6 Å². The van der Waals surface area contributed by atoms with Crippen molar-refractivity contribution in [2.24, 2.45) is 0 Å². The maximum atomic E-state index is 15.3. The number of rotatable bonds is 20. The number of imidazole rings is 1. The van der Waals surface area contributed by atoms with Crippen LogP contribution in [0.2, 0.25) is 0 Å². The van der Waals surface area contributed by atoms with Gasteiger partial charge in [-0.25, -0.2) is 9.78 Å². The molecule has 0 fully saturated rings. The fourth-order valence-electron chi connectivity index (χ4n) is 8.78. The summed E-state index contributed by atoms with van der Waals surface area (Å²) in [7, 11) is 0. The normalized spacial score (nSPS) is 11.8. The van der Waals surface area contributed by atoms with Gasteiger partial charge in [-0.1, -0.05) is 194 Å². The Morgan fingerprint density at radius 1 is 0.594 bits per heavy atom. The van der Waals surface area contributed by atoms with E-state index in [4.69, 9.17) is 14.5 Å². The smallest absolute Gasteiger partial charge is 0.408 e. The minimum atomic E-state index is -1.19. The summed E-state index contributed by atoms with van der Waals surface area (Å²) in [5, 5.41) is 6.06. The average molecular weight is 916 g/mol. The minimum absolute atomic E-state index is 0.00271. The summed E-state index contributed by atoms with van der Waals surface area (Å²) < 4.78 is 13.8. The molecule has 0 aliphatic heterocycles. The first-order valence-electron chi connectivity index (χ1n) is 23.2. The zero-order chi connectivity index (χ0) is 47.9. The van der Waals surface area contributed by atoms with E-state index >= 15 is 4.79 Å². The van der Waals surface area contributed by atoms with Crippen LogP contribution in [0.3, 0.4) is 0 Å². The third-order valence-electron chi connectivity index (χ3n) is 12.0. The van der Waals surface area contributed by atoms with Gasteiger partial charge in [-0.3, -0.25) is 9.59 Å². The Morgan fingerprint density at radius 3 is 1.59 bits per heavy atom. The number of nitrogens with zero attached hydrogens (tertiary/aromatic N) is 3. The van der Waals surface area contributed by atoms with Crippen LogP contribution in [0.4, 0.5) is 4.79 Å². The van der Waals surface area contributed by atoms with E-state index in [9.17, 15) is 9.59 Å². The molecule has 3 amide bonds. The molecule has 0 spiro atoms. The summed E-state index contributed by atoms with van der Waals surface area (Å²) in [6.45, 7) is 4.10. The number of hydrogen-bond acceptors (Lipinski definition) is 6. The molecule has 0 radical (unpaired) electrons. The van der Waals surface area contributed by atoms with E-state index in [0.29, 0.717) is 24.5 Å². The number of amides is 3. The van der Waals surface area contributed by atoms with Crippen LogP contribution in [0.25, 0.3) is 0 Å². The molecular weight excluding hydrogens is 859 g/mol. The molecule has 10 heteroatoms. The van der Waals surface area contributed by atoms with Gasteiger partial charge in [0.15, 0.2) is 0 Å². The van der Waals surface area contributed by atoms with Crippen LogP contribution < -0.4 is 15.4 Å². The van der Waals surface area contributed by atoms with E-state index in [-0.39, 0.29) is 32.0 Å². The Labute approximate surface area is 404 Å². The van der Waals surface area contributed by atoms with Gasteiger partial charge in [-0.15, -0.1) is 0 Å². The molecule has 0 aliphatic carbocycles. The summed E-state index contributed by atoms with van der Waals surface area (Å²) >= 11 is 0. The number of carbonyl (C=O) groups is 3. The predicted octanol–water partition coefficient (Wildman–Crippen LogP) is 10.3. The predicted molar refractivity (Wildman–Crippen MR) is 269 cm³/mol. The maximum Gasteiger partial charge on any atom is 0.408 e. The largest absolute Gasteiger partial charge is 0.489 e. The summed E-state index contributed by atoms with van der Waals surface area (Å²) in [6.07, 6.45) is 3.50. The molecule has 348 valence electrons. The molecule has 69 heavy (non-hydrogen) atoms. The summed E-state index contributed by atoms with van der Waals surface area (Å²) in [5.41, 5.74) is 5.72. The van der Waals surface area contributed by atoms with E-state index in [0.717, 1.165) is 38.9 Å². The van der Waals surface area contributed by atoms with E-state index in [1.54, 1.807) is 6.33 Å². The van der Waals surface area contributed by atoms with E-state index in [1.807, 2.05) is 190 Å². The van der Waals surface area contributed by atoms with Gasteiger partial charge in [0.05, 0.1) is 18.6 Å². The second-order valence-corrected chi connectivity index (χ2v) is 17.8. The summed E-state index contributed by atoms with van der Waals surface area (Å²) in [4.78, 5) is 49.6. The lowest BCUT2D eigenvalue weighted by Gasteiger charge is -2.37. The number of benzene rings is 7. The van der Waals surface area contributed by atoms with Crippen LogP contribution in [0.5, 0.6) is 5.75 Å². The molecule has 0 saturated heterocycles. The van der Waals surface area contributed by atoms with Gasteiger partial charge in [0.1, 0.15) is 30.5 Å². The third kappa shape index (κ3) is 12.4. The van der Waals surface area contributed by atoms with Gasteiger partial charge in [0.25, 0.3) is 0 Å².